The molecular weight excluding hydrogens is 280 g/mol. The molecular formula is C16H22N4O2. The van der Waals surface area contributed by atoms with Crippen molar-refractivity contribution in [3.8, 4) is 0 Å². The number of nitrogens with one attached hydrogen (secondary N) is 1. The Kier molecular flexibility index (Phi) is 3.64. The zero-order valence-corrected chi connectivity index (χ0v) is 13.5. The maximum Gasteiger partial charge on any atom is 0.257 e. The number of hydrogen-bond donors (Lipinski definition) is 1. The van der Waals surface area contributed by atoms with Gasteiger partial charge in [-0.3, -0.25) is 4.79 Å². The fraction of sp³-hybridized carbons (Fsp3) is 0.562. The van der Waals surface area contributed by atoms with Gasteiger partial charge in [0.05, 0.1) is 16.6 Å². The number of fused-ring (bicyclic) bond motifs is 1. The molecule has 1 amide bonds. The number of amides is 1. The molecule has 22 heavy (non-hydrogen) atoms. The lowest BCUT2D eigenvalue weighted by Gasteiger charge is -2.34. The summed E-state index contributed by atoms with van der Waals surface area (Å²) in [5.74, 6) is 0.0180. The van der Waals surface area contributed by atoms with E-state index in [1.807, 2.05) is 11.0 Å². The van der Waals surface area contributed by atoms with Crippen molar-refractivity contribution < 1.29 is 9.32 Å². The lowest BCUT2D eigenvalue weighted by atomic mass is 9.90. The molecule has 1 aliphatic heterocycles. The van der Waals surface area contributed by atoms with Crippen molar-refractivity contribution in [1.29, 1.82) is 0 Å². The zero-order chi connectivity index (χ0) is 15.9. The van der Waals surface area contributed by atoms with Gasteiger partial charge in [0.15, 0.2) is 0 Å². The van der Waals surface area contributed by atoms with E-state index >= 15 is 0 Å². The molecule has 1 saturated heterocycles. The highest BCUT2D eigenvalue weighted by molar-refractivity contribution is 5.97. The molecule has 3 heterocycles. The second-order valence-electron chi connectivity index (χ2n) is 6.91. The van der Waals surface area contributed by atoms with Crippen molar-refractivity contribution in [3.05, 3.63) is 23.5 Å². The molecule has 118 valence electrons. The van der Waals surface area contributed by atoms with Crippen molar-refractivity contribution >= 4 is 17.0 Å². The van der Waals surface area contributed by atoms with E-state index in [-0.39, 0.29) is 17.4 Å². The van der Waals surface area contributed by atoms with Crippen LogP contribution in [0.3, 0.4) is 0 Å². The highest BCUT2D eigenvalue weighted by atomic mass is 16.5. The molecule has 0 spiro atoms. The quantitative estimate of drug-likeness (QED) is 0.872. The number of rotatable bonds is 1. The molecule has 1 aliphatic rings. The monoisotopic (exact) mass is 302 g/mol. The van der Waals surface area contributed by atoms with Crippen molar-refractivity contribution in [2.45, 2.75) is 39.2 Å². The van der Waals surface area contributed by atoms with Gasteiger partial charge in [-0.05, 0) is 13.0 Å². The molecule has 2 aromatic heterocycles. The number of piperazine rings is 1. The van der Waals surface area contributed by atoms with Crippen molar-refractivity contribution in [3.63, 3.8) is 0 Å². The minimum absolute atomic E-state index is 0.0180. The van der Waals surface area contributed by atoms with E-state index in [1.54, 1.807) is 6.20 Å². The van der Waals surface area contributed by atoms with Crippen LogP contribution in [0.15, 0.2) is 16.8 Å². The van der Waals surface area contributed by atoms with Crippen LogP contribution in [0, 0.1) is 0 Å². The maximum atomic E-state index is 12.7. The fourth-order valence-corrected chi connectivity index (χ4v) is 2.80. The molecule has 2 aromatic rings. The SMILES string of the molecule is C[C@H]1CNCCN1C(=O)c1cnc2onc(C(C)(C)C)c2c1. The molecule has 0 aromatic carbocycles. The van der Waals surface area contributed by atoms with Crippen molar-refractivity contribution in [2.24, 2.45) is 0 Å². The summed E-state index contributed by atoms with van der Waals surface area (Å²) < 4.78 is 5.28. The molecule has 0 bridgehead atoms. The first-order valence-corrected chi connectivity index (χ1v) is 7.65. The Morgan fingerprint density at radius 3 is 2.91 bits per heavy atom. The maximum absolute atomic E-state index is 12.7. The lowest BCUT2D eigenvalue weighted by Crippen LogP contribution is -2.52. The summed E-state index contributed by atoms with van der Waals surface area (Å²) in [4.78, 5) is 18.9. The highest BCUT2D eigenvalue weighted by Gasteiger charge is 2.27. The molecule has 0 radical (unpaired) electrons. The Bertz CT molecular complexity index is 702. The fourth-order valence-electron chi connectivity index (χ4n) is 2.80. The van der Waals surface area contributed by atoms with E-state index in [4.69, 9.17) is 4.52 Å². The summed E-state index contributed by atoms with van der Waals surface area (Å²) in [6.07, 6.45) is 1.58. The summed E-state index contributed by atoms with van der Waals surface area (Å²) >= 11 is 0. The molecule has 0 unspecified atom stereocenters. The van der Waals surface area contributed by atoms with Gasteiger partial charge in [0.1, 0.15) is 0 Å². The van der Waals surface area contributed by atoms with Gasteiger partial charge in [-0.1, -0.05) is 25.9 Å². The second kappa shape index (κ2) is 5.35. The number of carbonyl (C=O) groups excluding carboxylic acids is 1. The van der Waals surface area contributed by atoms with Crippen LogP contribution in [0.1, 0.15) is 43.7 Å². The Balaban J connectivity index is 1.99. The molecule has 1 atom stereocenters. The summed E-state index contributed by atoms with van der Waals surface area (Å²) in [6.45, 7) is 10.6. The summed E-state index contributed by atoms with van der Waals surface area (Å²) in [5, 5.41) is 8.23. The molecule has 0 aliphatic carbocycles. The molecule has 6 heteroatoms. The first-order chi connectivity index (χ1) is 10.4. The van der Waals surface area contributed by atoms with Gasteiger partial charge in [-0.25, -0.2) is 4.98 Å². The number of carbonyl (C=O) groups is 1. The standard InChI is InChI=1S/C16H22N4O2/c1-10-8-17-5-6-20(10)15(21)11-7-12-13(16(2,3)4)19-22-14(12)18-9-11/h7,9-10,17H,5-6,8H2,1-4H3/t10-/m0/s1. The van der Waals surface area contributed by atoms with Gasteiger partial charge in [0, 0.05) is 37.3 Å². The molecule has 0 saturated carbocycles. The Morgan fingerprint density at radius 1 is 1.45 bits per heavy atom. The van der Waals surface area contributed by atoms with Crippen molar-refractivity contribution in [1.82, 2.24) is 20.4 Å². The summed E-state index contributed by atoms with van der Waals surface area (Å²) in [6, 6.07) is 2.04. The van der Waals surface area contributed by atoms with Crippen LogP contribution in [0.25, 0.3) is 11.1 Å². The average molecular weight is 302 g/mol. The van der Waals surface area contributed by atoms with Crippen LogP contribution < -0.4 is 5.32 Å². The molecule has 3 rings (SSSR count). The average Bonchev–Trinajstić information content (AvgIpc) is 2.90. The van der Waals surface area contributed by atoms with E-state index in [0.717, 1.165) is 24.2 Å². The molecule has 1 fully saturated rings. The van der Waals surface area contributed by atoms with Gasteiger partial charge in [0.25, 0.3) is 11.6 Å². The third-order valence-electron chi connectivity index (χ3n) is 4.05. The predicted molar refractivity (Wildman–Crippen MR) is 83.9 cm³/mol. The van der Waals surface area contributed by atoms with E-state index < -0.39 is 0 Å². The first kappa shape index (κ1) is 15.0. The molecule has 6 nitrogen and oxygen atoms in total. The minimum Gasteiger partial charge on any atom is -0.336 e. The van der Waals surface area contributed by atoms with Crippen LogP contribution >= 0.6 is 0 Å². The van der Waals surface area contributed by atoms with Crippen LogP contribution in [-0.4, -0.2) is 46.6 Å². The van der Waals surface area contributed by atoms with Gasteiger partial charge >= 0.3 is 0 Å². The Morgan fingerprint density at radius 2 is 2.23 bits per heavy atom. The number of hydrogen-bond acceptors (Lipinski definition) is 5. The molecule has 1 N–H and O–H groups in total. The topological polar surface area (TPSA) is 71.3 Å². The first-order valence-electron chi connectivity index (χ1n) is 7.65. The number of pyridine rings is 1. The van der Waals surface area contributed by atoms with E-state index in [0.29, 0.717) is 17.8 Å². The Labute approximate surface area is 129 Å². The Hall–Kier alpha value is -1.95. The minimum atomic E-state index is -0.156. The number of nitrogens with zero attached hydrogens (tertiary/aromatic N) is 3. The second-order valence-corrected chi connectivity index (χ2v) is 6.91. The third-order valence-corrected chi connectivity index (χ3v) is 4.05. The lowest BCUT2D eigenvalue weighted by molar-refractivity contribution is 0.0655. The largest absolute Gasteiger partial charge is 0.336 e. The highest BCUT2D eigenvalue weighted by Crippen LogP contribution is 2.29. The van der Waals surface area contributed by atoms with Crippen LogP contribution in [0.2, 0.25) is 0 Å². The van der Waals surface area contributed by atoms with E-state index in [2.05, 4.69) is 43.2 Å². The predicted octanol–water partition coefficient (Wildman–Crippen LogP) is 1.95. The van der Waals surface area contributed by atoms with E-state index in [1.165, 1.54) is 0 Å². The number of aromatic nitrogens is 2. The normalized spacial score (nSPS) is 19.6. The van der Waals surface area contributed by atoms with Gasteiger partial charge in [0.2, 0.25) is 0 Å². The summed E-state index contributed by atoms with van der Waals surface area (Å²) in [7, 11) is 0. The smallest absolute Gasteiger partial charge is 0.257 e. The van der Waals surface area contributed by atoms with Crippen LogP contribution in [0.5, 0.6) is 0 Å². The van der Waals surface area contributed by atoms with Gasteiger partial charge < -0.3 is 14.7 Å². The third kappa shape index (κ3) is 2.59. The summed E-state index contributed by atoms with van der Waals surface area (Å²) in [5.41, 5.74) is 1.75. The van der Waals surface area contributed by atoms with Crippen LogP contribution in [-0.2, 0) is 5.41 Å². The van der Waals surface area contributed by atoms with E-state index in [9.17, 15) is 4.79 Å². The van der Waals surface area contributed by atoms with Gasteiger partial charge in [-0.15, -0.1) is 0 Å². The zero-order valence-electron chi connectivity index (χ0n) is 13.5. The van der Waals surface area contributed by atoms with Crippen LogP contribution in [0.4, 0.5) is 0 Å². The van der Waals surface area contributed by atoms with Crippen molar-refractivity contribution in [2.75, 3.05) is 19.6 Å². The van der Waals surface area contributed by atoms with Gasteiger partial charge in [-0.2, -0.15) is 0 Å².